The third kappa shape index (κ3) is 4.27. The van der Waals surface area contributed by atoms with E-state index in [0.29, 0.717) is 12.3 Å². The van der Waals surface area contributed by atoms with E-state index in [4.69, 9.17) is 4.74 Å². The minimum absolute atomic E-state index is 0.197. The quantitative estimate of drug-likeness (QED) is 0.658. The van der Waals surface area contributed by atoms with Gasteiger partial charge in [-0.1, -0.05) is 23.8 Å². The molecule has 3 rings (SSSR count). The van der Waals surface area contributed by atoms with Crippen molar-refractivity contribution in [2.75, 3.05) is 6.54 Å². The van der Waals surface area contributed by atoms with Crippen LogP contribution >= 0.6 is 0 Å². The average molecular weight is 359 g/mol. The zero-order valence-corrected chi connectivity index (χ0v) is 15.1. The Hall–Kier alpha value is -2.18. The van der Waals surface area contributed by atoms with E-state index in [1.54, 1.807) is 30.3 Å². The van der Waals surface area contributed by atoms with Crippen LogP contribution in [0.5, 0.6) is 5.75 Å². The number of carbonyl (C=O) groups excluding carboxylic acids is 1. The van der Waals surface area contributed by atoms with E-state index in [1.807, 2.05) is 19.1 Å². The Morgan fingerprint density at radius 3 is 2.48 bits per heavy atom. The molecule has 1 N–H and O–H groups in total. The molecule has 2 aromatic carbocycles. The molecule has 0 bridgehead atoms. The summed E-state index contributed by atoms with van der Waals surface area (Å²) in [5.41, 5.74) is 3.31. The largest absolute Gasteiger partial charge is 0.427 e. The Bertz CT molecular complexity index is 888. The number of hydrogen-bond acceptors (Lipinski definition) is 4. The lowest BCUT2D eigenvalue weighted by Gasteiger charge is -2.11. The SMILES string of the molecule is CC(=O)Oc1ccc2c(c1)CC(CNS(=O)(=O)c1ccc(C)cc1)C2. The average Bonchev–Trinajstić information content (AvgIpc) is 2.95. The minimum atomic E-state index is -3.50. The molecule has 0 spiro atoms. The molecule has 0 aromatic heterocycles. The lowest BCUT2D eigenvalue weighted by atomic mass is 10.1. The van der Waals surface area contributed by atoms with E-state index in [0.717, 1.165) is 24.0 Å². The van der Waals surface area contributed by atoms with Crippen molar-refractivity contribution in [1.82, 2.24) is 4.72 Å². The predicted octanol–water partition coefficient (Wildman–Crippen LogP) is 2.61. The van der Waals surface area contributed by atoms with Crippen LogP contribution in [-0.2, 0) is 27.7 Å². The van der Waals surface area contributed by atoms with Crippen molar-refractivity contribution in [2.24, 2.45) is 5.92 Å². The molecule has 0 aliphatic heterocycles. The normalized spacial score (nSPS) is 16.5. The highest BCUT2D eigenvalue weighted by Crippen LogP contribution is 2.30. The first-order valence-corrected chi connectivity index (χ1v) is 9.68. The first-order valence-electron chi connectivity index (χ1n) is 8.20. The fourth-order valence-electron chi connectivity index (χ4n) is 3.09. The zero-order chi connectivity index (χ0) is 18.0. The van der Waals surface area contributed by atoms with Gasteiger partial charge in [-0.05, 0) is 61.1 Å². The van der Waals surface area contributed by atoms with Crippen LogP contribution in [-0.4, -0.2) is 20.9 Å². The highest BCUT2D eigenvalue weighted by atomic mass is 32.2. The van der Waals surface area contributed by atoms with Crippen LogP contribution in [0.4, 0.5) is 0 Å². The second-order valence-electron chi connectivity index (χ2n) is 6.46. The zero-order valence-electron chi connectivity index (χ0n) is 14.3. The number of benzene rings is 2. The van der Waals surface area contributed by atoms with Gasteiger partial charge >= 0.3 is 5.97 Å². The molecule has 1 aliphatic carbocycles. The Morgan fingerprint density at radius 1 is 1.12 bits per heavy atom. The van der Waals surface area contributed by atoms with Gasteiger partial charge in [-0.3, -0.25) is 4.79 Å². The minimum Gasteiger partial charge on any atom is -0.427 e. The third-order valence-electron chi connectivity index (χ3n) is 4.35. The van der Waals surface area contributed by atoms with E-state index >= 15 is 0 Å². The maximum atomic E-state index is 12.4. The van der Waals surface area contributed by atoms with Gasteiger partial charge in [0.15, 0.2) is 0 Å². The molecule has 6 heteroatoms. The van der Waals surface area contributed by atoms with E-state index in [-0.39, 0.29) is 16.8 Å². The molecular weight excluding hydrogens is 338 g/mol. The Kier molecular flexibility index (Phi) is 4.92. The van der Waals surface area contributed by atoms with E-state index in [2.05, 4.69) is 4.72 Å². The summed E-state index contributed by atoms with van der Waals surface area (Å²) in [5, 5.41) is 0. The number of fused-ring (bicyclic) bond motifs is 1. The van der Waals surface area contributed by atoms with Gasteiger partial charge in [0.2, 0.25) is 10.0 Å². The summed E-state index contributed by atoms with van der Waals surface area (Å²) in [6, 6.07) is 12.4. The van der Waals surface area contributed by atoms with Crippen molar-refractivity contribution in [3.63, 3.8) is 0 Å². The first-order chi connectivity index (χ1) is 11.8. The molecule has 1 atom stereocenters. The highest BCUT2D eigenvalue weighted by Gasteiger charge is 2.24. The molecule has 2 aromatic rings. The standard InChI is InChI=1S/C19H21NO4S/c1-13-3-7-19(8-4-13)25(22,23)20-12-15-9-16-5-6-18(24-14(2)21)11-17(16)10-15/h3-8,11,15,20H,9-10,12H2,1-2H3. The van der Waals surface area contributed by atoms with E-state index in [9.17, 15) is 13.2 Å². The van der Waals surface area contributed by atoms with Crippen molar-refractivity contribution < 1.29 is 17.9 Å². The van der Waals surface area contributed by atoms with Crippen LogP contribution in [0.25, 0.3) is 0 Å². The molecule has 1 aliphatic rings. The number of sulfonamides is 1. The van der Waals surface area contributed by atoms with Crippen LogP contribution in [0.15, 0.2) is 47.4 Å². The third-order valence-corrected chi connectivity index (χ3v) is 5.79. The fourth-order valence-corrected chi connectivity index (χ4v) is 4.20. The number of ether oxygens (including phenoxy) is 1. The van der Waals surface area contributed by atoms with Crippen LogP contribution in [0.2, 0.25) is 0 Å². The summed E-state index contributed by atoms with van der Waals surface area (Å²) >= 11 is 0. The highest BCUT2D eigenvalue weighted by molar-refractivity contribution is 7.89. The summed E-state index contributed by atoms with van der Waals surface area (Å²) in [6.45, 7) is 3.67. The molecule has 0 radical (unpaired) electrons. The summed E-state index contributed by atoms with van der Waals surface area (Å²) in [4.78, 5) is 11.3. The van der Waals surface area contributed by atoms with E-state index < -0.39 is 10.0 Å². The molecule has 0 amide bonds. The number of hydrogen-bond donors (Lipinski definition) is 1. The lowest BCUT2D eigenvalue weighted by Crippen LogP contribution is -2.29. The molecule has 0 saturated carbocycles. The van der Waals surface area contributed by atoms with Crippen molar-refractivity contribution in [1.29, 1.82) is 0 Å². The summed E-state index contributed by atoms with van der Waals surface area (Å²) in [6.07, 6.45) is 1.58. The Labute approximate surface area is 148 Å². The van der Waals surface area contributed by atoms with Gasteiger partial charge < -0.3 is 4.74 Å². The molecule has 0 saturated heterocycles. The van der Waals surface area contributed by atoms with Crippen molar-refractivity contribution >= 4 is 16.0 Å². The number of carbonyl (C=O) groups is 1. The van der Waals surface area contributed by atoms with Gasteiger partial charge in [0.25, 0.3) is 0 Å². The van der Waals surface area contributed by atoms with Gasteiger partial charge in [-0.15, -0.1) is 0 Å². The molecular formula is C19H21NO4S. The first kappa shape index (κ1) is 17.6. The predicted molar refractivity (Wildman–Crippen MR) is 95.0 cm³/mol. The Balaban J connectivity index is 1.63. The Morgan fingerprint density at radius 2 is 1.80 bits per heavy atom. The molecule has 0 fully saturated rings. The maximum Gasteiger partial charge on any atom is 0.308 e. The van der Waals surface area contributed by atoms with Crippen LogP contribution in [0.1, 0.15) is 23.6 Å². The van der Waals surface area contributed by atoms with Gasteiger partial charge in [0.1, 0.15) is 5.75 Å². The van der Waals surface area contributed by atoms with E-state index in [1.165, 1.54) is 12.5 Å². The van der Waals surface area contributed by atoms with Gasteiger partial charge in [-0.25, -0.2) is 13.1 Å². The summed E-state index contributed by atoms with van der Waals surface area (Å²) in [5.74, 6) is 0.385. The topological polar surface area (TPSA) is 72.5 Å². The monoisotopic (exact) mass is 359 g/mol. The maximum absolute atomic E-state index is 12.4. The number of rotatable bonds is 5. The number of esters is 1. The summed E-state index contributed by atoms with van der Waals surface area (Å²) in [7, 11) is -3.50. The molecule has 5 nitrogen and oxygen atoms in total. The van der Waals surface area contributed by atoms with Crippen molar-refractivity contribution in [3.05, 3.63) is 59.2 Å². The summed E-state index contributed by atoms with van der Waals surface area (Å²) < 4.78 is 32.6. The van der Waals surface area contributed by atoms with Gasteiger partial charge in [0.05, 0.1) is 4.90 Å². The fraction of sp³-hybridized carbons (Fsp3) is 0.316. The molecule has 1 unspecified atom stereocenters. The second-order valence-corrected chi connectivity index (χ2v) is 8.23. The van der Waals surface area contributed by atoms with Gasteiger partial charge in [0, 0.05) is 13.5 Å². The van der Waals surface area contributed by atoms with Crippen molar-refractivity contribution in [2.45, 2.75) is 31.6 Å². The molecule has 0 heterocycles. The smallest absolute Gasteiger partial charge is 0.308 e. The number of nitrogens with one attached hydrogen (secondary N) is 1. The second kappa shape index (κ2) is 6.98. The lowest BCUT2D eigenvalue weighted by molar-refractivity contribution is -0.131. The van der Waals surface area contributed by atoms with Crippen LogP contribution < -0.4 is 9.46 Å². The number of aryl methyl sites for hydroxylation is 1. The molecule has 25 heavy (non-hydrogen) atoms. The van der Waals surface area contributed by atoms with Crippen LogP contribution in [0.3, 0.4) is 0 Å². The van der Waals surface area contributed by atoms with Gasteiger partial charge in [-0.2, -0.15) is 0 Å². The van der Waals surface area contributed by atoms with Crippen molar-refractivity contribution in [3.8, 4) is 5.75 Å². The van der Waals surface area contributed by atoms with Crippen LogP contribution in [0, 0.1) is 12.8 Å². The molecule has 132 valence electrons.